The highest BCUT2D eigenvalue weighted by Gasteiger charge is 2.32. The number of imidazole rings is 2. The highest BCUT2D eigenvalue weighted by Crippen LogP contribution is 2.19. The van der Waals surface area contributed by atoms with Crippen LogP contribution >= 0.6 is 0 Å². The predicted octanol–water partition coefficient (Wildman–Crippen LogP) is 13.7. The van der Waals surface area contributed by atoms with Gasteiger partial charge in [0.1, 0.15) is 24.8 Å². The summed E-state index contributed by atoms with van der Waals surface area (Å²) >= 11 is 0. The fraction of sp³-hybridized carbons (Fsp3) is 0.867. The van der Waals surface area contributed by atoms with Gasteiger partial charge in [-0.05, 0) is 51.4 Å². The van der Waals surface area contributed by atoms with E-state index in [-0.39, 0.29) is 0 Å². The van der Waals surface area contributed by atoms with Gasteiger partial charge >= 0.3 is 11.6 Å². The fourth-order valence-corrected chi connectivity index (χ4v) is 7.66. The van der Waals surface area contributed by atoms with E-state index < -0.39 is 0 Å². The molecule has 0 amide bonds. The van der Waals surface area contributed by atoms with Crippen LogP contribution in [0.2, 0.25) is 0 Å². The molecule has 0 aliphatic carbocycles. The van der Waals surface area contributed by atoms with Gasteiger partial charge in [-0.3, -0.25) is 0 Å². The predicted molar refractivity (Wildman–Crippen MR) is 214 cm³/mol. The molecule has 284 valence electrons. The first-order valence-corrected chi connectivity index (χ1v) is 22.4. The van der Waals surface area contributed by atoms with Crippen LogP contribution in [0.1, 0.15) is 227 Å². The molecule has 0 aromatic carbocycles. The average Bonchev–Trinajstić information content (AvgIpc) is 3.70. The van der Waals surface area contributed by atoms with Crippen molar-refractivity contribution in [2.75, 3.05) is 0 Å². The van der Waals surface area contributed by atoms with E-state index in [2.05, 4.69) is 70.8 Å². The van der Waals surface area contributed by atoms with E-state index >= 15 is 0 Å². The van der Waals surface area contributed by atoms with Gasteiger partial charge in [0.05, 0.1) is 26.2 Å². The largest absolute Gasteiger partial charge is 0.373 e. The number of hydrogen-bond donors (Lipinski definition) is 0. The summed E-state index contributed by atoms with van der Waals surface area (Å²) < 4.78 is 10.5. The van der Waals surface area contributed by atoms with Crippen molar-refractivity contribution in [3.8, 4) is 11.6 Å². The standard InChI is InChI=1S/C45H86N4/c1-5-9-13-17-20-22-24-26-30-34-38-48-41-40-46(36-32-28-16-12-8-4)44(48)45-47(37-33-29-19-15-11-7-3)42-43-49(45)39-35-31-27-25-23-21-18-14-10-6-2/h40-43H,5-39H2,1-4H3/q+2. The Kier molecular flexibility index (Phi) is 27.7. The topological polar surface area (TPSA) is 17.6 Å². The van der Waals surface area contributed by atoms with Crippen molar-refractivity contribution in [1.29, 1.82) is 0 Å². The van der Waals surface area contributed by atoms with Gasteiger partial charge in [0, 0.05) is 0 Å². The second-order valence-corrected chi connectivity index (χ2v) is 15.6. The maximum atomic E-state index is 2.64. The van der Waals surface area contributed by atoms with Crippen LogP contribution in [0.25, 0.3) is 11.6 Å². The summed E-state index contributed by atoms with van der Waals surface area (Å²) in [5.41, 5.74) is 0. The molecule has 0 spiro atoms. The van der Waals surface area contributed by atoms with Crippen LogP contribution in [0.5, 0.6) is 0 Å². The Morgan fingerprint density at radius 1 is 0.327 bits per heavy atom. The molecule has 0 saturated carbocycles. The zero-order valence-electron chi connectivity index (χ0n) is 33.8. The summed E-state index contributed by atoms with van der Waals surface area (Å²) in [6.07, 6.45) is 52.5. The fourth-order valence-electron chi connectivity index (χ4n) is 7.66. The number of aromatic nitrogens is 4. The second kappa shape index (κ2) is 31.2. The van der Waals surface area contributed by atoms with Crippen LogP contribution in [0.3, 0.4) is 0 Å². The Bertz CT molecular complexity index is 988. The van der Waals surface area contributed by atoms with E-state index in [4.69, 9.17) is 0 Å². The van der Waals surface area contributed by atoms with Gasteiger partial charge in [-0.15, -0.1) is 0 Å². The third-order valence-electron chi connectivity index (χ3n) is 10.9. The molecule has 0 radical (unpaired) electrons. The Balaban J connectivity index is 2.09. The van der Waals surface area contributed by atoms with Crippen LogP contribution in [0, 0.1) is 0 Å². The van der Waals surface area contributed by atoms with Crippen molar-refractivity contribution in [3.63, 3.8) is 0 Å². The molecule has 0 aliphatic rings. The summed E-state index contributed by atoms with van der Waals surface area (Å²) in [6, 6.07) is 0. The molecule has 0 unspecified atom stereocenters. The normalized spacial score (nSPS) is 11.7. The second-order valence-electron chi connectivity index (χ2n) is 15.6. The summed E-state index contributed by atoms with van der Waals surface area (Å²) in [5, 5.41) is 0. The van der Waals surface area contributed by atoms with E-state index in [1.54, 1.807) is 0 Å². The van der Waals surface area contributed by atoms with Gasteiger partial charge in [-0.25, -0.2) is 18.3 Å². The third-order valence-corrected chi connectivity index (χ3v) is 10.9. The van der Waals surface area contributed by atoms with Crippen LogP contribution in [-0.4, -0.2) is 9.13 Å². The van der Waals surface area contributed by atoms with Crippen LogP contribution in [0.4, 0.5) is 0 Å². The van der Waals surface area contributed by atoms with Gasteiger partial charge < -0.3 is 0 Å². The van der Waals surface area contributed by atoms with E-state index in [1.807, 2.05) is 0 Å². The van der Waals surface area contributed by atoms with Gasteiger partial charge in [-0.2, -0.15) is 0 Å². The zero-order valence-corrected chi connectivity index (χ0v) is 33.8. The van der Waals surface area contributed by atoms with Gasteiger partial charge in [-0.1, -0.05) is 175 Å². The molecule has 49 heavy (non-hydrogen) atoms. The van der Waals surface area contributed by atoms with Crippen molar-refractivity contribution >= 4 is 0 Å². The SMILES string of the molecule is CCCCCCCCCCCCn1cc[n+](CCCCCCC)c1-c1n(CCCCCCCC)cc[n+]1CCCCCCCCCCCC. The maximum absolute atomic E-state index is 2.64. The highest BCUT2D eigenvalue weighted by molar-refractivity contribution is 5.36. The number of rotatable bonds is 36. The summed E-state index contributed by atoms with van der Waals surface area (Å²) in [4.78, 5) is 0. The van der Waals surface area contributed by atoms with Crippen molar-refractivity contribution < 1.29 is 9.13 Å². The quantitative estimate of drug-likeness (QED) is 0.0503. The summed E-state index contributed by atoms with van der Waals surface area (Å²) in [6.45, 7) is 13.9. The van der Waals surface area contributed by atoms with Gasteiger partial charge in [0.25, 0.3) is 0 Å². The monoisotopic (exact) mass is 683 g/mol. The molecular formula is C45H86N4+2. The average molecular weight is 683 g/mol. The smallest absolute Gasteiger partial charge is 0.223 e. The number of nitrogens with zero attached hydrogens (tertiary/aromatic N) is 4. The molecule has 0 atom stereocenters. The molecule has 2 heterocycles. The van der Waals surface area contributed by atoms with Crippen molar-refractivity contribution in [1.82, 2.24) is 9.13 Å². The number of hydrogen-bond acceptors (Lipinski definition) is 0. The molecule has 2 rings (SSSR count). The molecule has 0 aliphatic heterocycles. The molecular weight excluding hydrogens is 597 g/mol. The Morgan fingerprint density at radius 2 is 0.571 bits per heavy atom. The summed E-state index contributed by atoms with van der Waals surface area (Å²) in [7, 11) is 0. The van der Waals surface area contributed by atoms with Crippen LogP contribution < -0.4 is 9.13 Å². The minimum atomic E-state index is 1.14. The van der Waals surface area contributed by atoms with E-state index in [1.165, 1.54) is 211 Å². The Hall–Kier alpha value is -1.58. The Morgan fingerprint density at radius 3 is 0.857 bits per heavy atom. The van der Waals surface area contributed by atoms with Crippen LogP contribution in [0.15, 0.2) is 24.8 Å². The summed E-state index contributed by atoms with van der Waals surface area (Å²) in [5.74, 6) is 2.93. The lowest BCUT2D eigenvalue weighted by molar-refractivity contribution is -0.715. The number of unbranched alkanes of at least 4 members (excludes halogenated alkanes) is 27. The number of aryl methyl sites for hydroxylation is 4. The van der Waals surface area contributed by atoms with E-state index in [0.717, 1.165) is 26.2 Å². The minimum absolute atomic E-state index is 1.14. The first kappa shape index (κ1) is 43.6. The molecule has 4 heteroatoms. The van der Waals surface area contributed by atoms with Crippen molar-refractivity contribution in [2.45, 2.75) is 253 Å². The zero-order chi connectivity index (χ0) is 35.0. The van der Waals surface area contributed by atoms with E-state index in [9.17, 15) is 0 Å². The maximum Gasteiger partial charge on any atom is 0.373 e. The first-order chi connectivity index (χ1) is 24.3. The molecule has 0 N–H and O–H groups in total. The lowest BCUT2D eigenvalue weighted by atomic mass is 10.1. The van der Waals surface area contributed by atoms with E-state index in [0.29, 0.717) is 0 Å². The third kappa shape index (κ3) is 20.2. The molecule has 0 fully saturated rings. The minimum Gasteiger partial charge on any atom is -0.223 e. The molecule has 0 bridgehead atoms. The molecule has 4 nitrogen and oxygen atoms in total. The van der Waals surface area contributed by atoms with Gasteiger partial charge in [0.15, 0.2) is 0 Å². The lowest BCUT2D eigenvalue weighted by Gasteiger charge is -2.08. The Labute approximate surface area is 306 Å². The molecule has 2 aromatic heterocycles. The highest BCUT2D eigenvalue weighted by atomic mass is 15.2. The van der Waals surface area contributed by atoms with Crippen molar-refractivity contribution in [2.24, 2.45) is 0 Å². The van der Waals surface area contributed by atoms with Crippen LogP contribution in [-0.2, 0) is 26.2 Å². The molecule has 0 saturated heterocycles. The van der Waals surface area contributed by atoms with Crippen molar-refractivity contribution in [3.05, 3.63) is 24.8 Å². The first-order valence-electron chi connectivity index (χ1n) is 22.4. The lowest BCUT2D eigenvalue weighted by Crippen LogP contribution is -2.43. The molecule has 2 aromatic rings. The van der Waals surface area contributed by atoms with Gasteiger partial charge in [0.2, 0.25) is 0 Å².